The Morgan fingerprint density at radius 3 is 3.00 bits per heavy atom. The van der Waals surface area contributed by atoms with Crippen LogP contribution in [-0.4, -0.2) is 16.1 Å². The zero-order valence-electron chi connectivity index (χ0n) is 11.3. The van der Waals surface area contributed by atoms with Gasteiger partial charge in [0.05, 0.1) is 22.6 Å². The fraction of sp³-hybridized carbons (Fsp3) is 0.533. The minimum atomic E-state index is 0.798. The smallest absolute Gasteiger partial charge is 0.123 e. The van der Waals surface area contributed by atoms with Crippen LogP contribution in [-0.2, 0) is 13.1 Å². The first-order valence-corrected chi connectivity index (χ1v) is 7.51. The van der Waals surface area contributed by atoms with Gasteiger partial charge in [0.15, 0.2) is 0 Å². The lowest BCUT2D eigenvalue weighted by Gasteiger charge is -2.09. The normalized spacial score (nSPS) is 15.3. The van der Waals surface area contributed by atoms with E-state index >= 15 is 0 Å². The van der Waals surface area contributed by atoms with Gasteiger partial charge in [-0.1, -0.05) is 24.6 Å². The lowest BCUT2D eigenvalue weighted by atomic mass is 10.3. The van der Waals surface area contributed by atoms with Crippen molar-refractivity contribution in [3.8, 4) is 0 Å². The van der Waals surface area contributed by atoms with Crippen LogP contribution < -0.4 is 5.32 Å². The van der Waals surface area contributed by atoms with E-state index < -0.39 is 0 Å². The van der Waals surface area contributed by atoms with Gasteiger partial charge in [0.1, 0.15) is 5.82 Å². The predicted molar refractivity (Wildman–Crippen MR) is 79.5 cm³/mol. The first kappa shape index (κ1) is 12.9. The van der Waals surface area contributed by atoms with Crippen molar-refractivity contribution in [1.82, 2.24) is 14.9 Å². The van der Waals surface area contributed by atoms with E-state index in [1.54, 1.807) is 0 Å². The Morgan fingerprint density at radius 2 is 2.26 bits per heavy atom. The van der Waals surface area contributed by atoms with E-state index in [4.69, 9.17) is 16.6 Å². The van der Waals surface area contributed by atoms with Gasteiger partial charge in [0, 0.05) is 6.54 Å². The van der Waals surface area contributed by atoms with Crippen LogP contribution in [0.5, 0.6) is 0 Å². The Balaban J connectivity index is 1.87. The van der Waals surface area contributed by atoms with Crippen LogP contribution in [0.25, 0.3) is 11.0 Å². The molecule has 0 aliphatic heterocycles. The molecule has 3 nitrogen and oxygen atoms in total. The lowest BCUT2D eigenvalue weighted by Crippen LogP contribution is -2.19. The molecule has 1 heterocycles. The molecule has 0 amide bonds. The minimum Gasteiger partial charge on any atom is -0.326 e. The second-order valence-corrected chi connectivity index (χ2v) is 5.77. The molecule has 1 aliphatic rings. The predicted octanol–water partition coefficient (Wildman–Crippen LogP) is 3.60. The summed E-state index contributed by atoms with van der Waals surface area (Å²) in [5.74, 6) is 2.00. The molecule has 0 atom stereocenters. The molecule has 1 aliphatic carbocycles. The van der Waals surface area contributed by atoms with Gasteiger partial charge in [-0.25, -0.2) is 4.98 Å². The number of halogens is 1. The fourth-order valence-corrected chi connectivity index (χ4v) is 2.77. The summed E-state index contributed by atoms with van der Waals surface area (Å²) in [7, 11) is 0. The molecule has 0 unspecified atom stereocenters. The largest absolute Gasteiger partial charge is 0.326 e. The maximum absolute atomic E-state index is 6.32. The molecule has 1 fully saturated rings. The number of nitrogens with one attached hydrogen (secondary N) is 1. The summed E-state index contributed by atoms with van der Waals surface area (Å²) in [6, 6.07) is 5.95. The molecular weight excluding hydrogens is 258 g/mol. The van der Waals surface area contributed by atoms with Crippen LogP contribution in [0.1, 0.15) is 32.0 Å². The van der Waals surface area contributed by atoms with Crippen molar-refractivity contribution in [2.45, 2.75) is 39.3 Å². The number of hydrogen-bond acceptors (Lipinski definition) is 2. The molecule has 1 N–H and O–H groups in total. The first-order valence-electron chi connectivity index (χ1n) is 7.14. The summed E-state index contributed by atoms with van der Waals surface area (Å²) in [5, 5.41) is 4.31. The van der Waals surface area contributed by atoms with Crippen LogP contribution >= 0.6 is 11.6 Å². The average molecular weight is 278 g/mol. The number of fused-ring (bicyclic) bond motifs is 1. The van der Waals surface area contributed by atoms with E-state index in [9.17, 15) is 0 Å². The van der Waals surface area contributed by atoms with Gasteiger partial charge in [0.25, 0.3) is 0 Å². The minimum absolute atomic E-state index is 0.798. The Morgan fingerprint density at radius 1 is 1.42 bits per heavy atom. The quantitative estimate of drug-likeness (QED) is 0.874. The molecular formula is C15H20ClN3. The third kappa shape index (κ3) is 2.77. The molecule has 3 rings (SSSR count). The Kier molecular flexibility index (Phi) is 3.76. The molecule has 2 aromatic rings. The summed E-state index contributed by atoms with van der Waals surface area (Å²) in [6.45, 7) is 5.11. The molecule has 1 aromatic heterocycles. The molecule has 4 heteroatoms. The maximum atomic E-state index is 6.32. The van der Waals surface area contributed by atoms with Gasteiger partial charge in [-0.3, -0.25) is 0 Å². The number of benzene rings is 1. The second-order valence-electron chi connectivity index (χ2n) is 5.36. The molecule has 102 valence electrons. The molecule has 0 spiro atoms. The monoisotopic (exact) mass is 277 g/mol. The maximum Gasteiger partial charge on any atom is 0.123 e. The van der Waals surface area contributed by atoms with Crippen LogP contribution in [0.3, 0.4) is 0 Å². The van der Waals surface area contributed by atoms with E-state index in [0.29, 0.717) is 0 Å². The zero-order chi connectivity index (χ0) is 13.2. The molecule has 1 saturated carbocycles. The Labute approximate surface area is 119 Å². The van der Waals surface area contributed by atoms with Crippen LogP contribution in [0.4, 0.5) is 0 Å². The molecule has 19 heavy (non-hydrogen) atoms. The molecule has 0 bridgehead atoms. The van der Waals surface area contributed by atoms with Gasteiger partial charge in [-0.2, -0.15) is 0 Å². The second kappa shape index (κ2) is 5.51. The summed E-state index contributed by atoms with van der Waals surface area (Å²) >= 11 is 6.32. The highest BCUT2D eigenvalue weighted by molar-refractivity contribution is 6.35. The summed E-state index contributed by atoms with van der Waals surface area (Å²) in [4.78, 5) is 4.73. The third-order valence-electron chi connectivity index (χ3n) is 3.66. The number of imidazole rings is 1. The summed E-state index contributed by atoms with van der Waals surface area (Å²) in [5.41, 5.74) is 2.08. The van der Waals surface area contributed by atoms with E-state index in [-0.39, 0.29) is 0 Å². The Hall–Kier alpha value is -1.06. The van der Waals surface area contributed by atoms with Crippen molar-refractivity contribution < 1.29 is 0 Å². The first-order chi connectivity index (χ1) is 9.29. The number of nitrogens with zero attached hydrogens (tertiary/aromatic N) is 2. The average Bonchev–Trinajstić information content (AvgIpc) is 3.14. The highest BCUT2D eigenvalue weighted by atomic mass is 35.5. The van der Waals surface area contributed by atoms with Crippen molar-refractivity contribution in [2.75, 3.05) is 6.54 Å². The molecule has 1 aromatic carbocycles. The third-order valence-corrected chi connectivity index (χ3v) is 3.96. The fourth-order valence-electron chi connectivity index (χ4n) is 2.50. The number of aryl methyl sites for hydroxylation is 1. The topological polar surface area (TPSA) is 29.9 Å². The standard InChI is InChI=1S/C15H20ClN3/c1-2-8-19-14(10-17-9-11-6-7-11)18-13-5-3-4-12(16)15(13)19/h3-5,11,17H,2,6-10H2,1H3. The van der Waals surface area contributed by atoms with Gasteiger partial charge >= 0.3 is 0 Å². The van der Waals surface area contributed by atoms with Gasteiger partial charge in [0.2, 0.25) is 0 Å². The molecule has 0 radical (unpaired) electrons. The number of aromatic nitrogens is 2. The van der Waals surface area contributed by atoms with Gasteiger partial charge in [-0.05, 0) is 43.9 Å². The van der Waals surface area contributed by atoms with Crippen molar-refractivity contribution >= 4 is 22.6 Å². The van der Waals surface area contributed by atoms with E-state index in [2.05, 4.69) is 16.8 Å². The number of para-hydroxylation sites is 1. The number of hydrogen-bond donors (Lipinski definition) is 1. The SMILES string of the molecule is CCCn1c(CNCC2CC2)nc2cccc(Cl)c21. The van der Waals surface area contributed by atoms with Crippen molar-refractivity contribution in [1.29, 1.82) is 0 Å². The van der Waals surface area contributed by atoms with Gasteiger partial charge in [-0.15, -0.1) is 0 Å². The lowest BCUT2D eigenvalue weighted by molar-refractivity contribution is 0.579. The molecule has 0 saturated heterocycles. The van der Waals surface area contributed by atoms with E-state index in [1.807, 2.05) is 18.2 Å². The van der Waals surface area contributed by atoms with Crippen LogP contribution in [0.15, 0.2) is 18.2 Å². The van der Waals surface area contributed by atoms with Crippen LogP contribution in [0, 0.1) is 5.92 Å². The zero-order valence-corrected chi connectivity index (χ0v) is 12.1. The van der Waals surface area contributed by atoms with Crippen LogP contribution in [0.2, 0.25) is 5.02 Å². The van der Waals surface area contributed by atoms with Crippen molar-refractivity contribution in [3.05, 3.63) is 29.0 Å². The van der Waals surface area contributed by atoms with Crippen molar-refractivity contribution in [2.24, 2.45) is 5.92 Å². The Bertz CT molecular complexity index is 572. The highest BCUT2D eigenvalue weighted by Crippen LogP contribution is 2.28. The van der Waals surface area contributed by atoms with Crippen molar-refractivity contribution in [3.63, 3.8) is 0 Å². The van der Waals surface area contributed by atoms with E-state index in [1.165, 1.54) is 12.8 Å². The van der Waals surface area contributed by atoms with Gasteiger partial charge < -0.3 is 9.88 Å². The number of rotatable bonds is 6. The summed E-state index contributed by atoms with van der Waals surface area (Å²) in [6.07, 6.45) is 3.85. The van der Waals surface area contributed by atoms with E-state index in [0.717, 1.165) is 53.9 Å². The highest BCUT2D eigenvalue weighted by Gasteiger charge is 2.21. The summed E-state index contributed by atoms with van der Waals surface area (Å²) < 4.78 is 2.26.